The first kappa shape index (κ1) is 17.7. The van der Waals surface area contributed by atoms with Crippen LogP contribution in [-0.2, 0) is 9.53 Å². The van der Waals surface area contributed by atoms with Crippen molar-refractivity contribution in [2.75, 3.05) is 20.3 Å². The average molecular weight is 343 g/mol. The summed E-state index contributed by atoms with van der Waals surface area (Å²) in [6.45, 7) is 0.877. The number of rotatable bonds is 6. The van der Waals surface area contributed by atoms with Gasteiger partial charge in [-0.1, -0.05) is 36.4 Å². The quantitative estimate of drug-likeness (QED) is 0.791. The molecule has 5 heteroatoms. The molecule has 3 rings (SSSR count). The van der Waals surface area contributed by atoms with Crippen LogP contribution in [0, 0.1) is 5.92 Å². The predicted octanol–water partition coefficient (Wildman–Crippen LogP) is 2.51. The van der Waals surface area contributed by atoms with Crippen LogP contribution in [0.25, 0.3) is 10.8 Å². The summed E-state index contributed by atoms with van der Waals surface area (Å²) in [5.74, 6) is 0.731. The molecule has 1 aliphatic rings. The van der Waals surface area contributed by atoms with Gasteiger partial charge in [-0.25, -0.2) is 0 Å². The monoisotopic (exact) mass is 343 g/mol. The average Bonchev–Trinajstić information content (AvgIpc) is 2.65. The summed E-state index contributed by atoms with van der Waals surface area (Å²) in [6, 6.07) is 14.0. The zero-order chi connectivity index (χ0) is 17.6. The number of amides is 1. The number of ether oxygens (including phenoxy) is 2. The lowest BCUT2D eigenvalue weighted by molar-refractivity contribution is -0.130. The molecule has 3 atom stereocenters. The Kier molecular flexibility index (Phi) is 5.89. The largest absolute Gasteiger partial charge is 0.491 e. The van der Waals surface area contributed by atoms with E-state index in [1.807, 2.05) is 42.5 Å². The second kappa shape index (κ2) is 8.32. The molecule has 1 saturated carbocycles. The minimum atomic E-state index is -0.469. The van der Waals surface area contributed by atoms with Gasteiger partial charge in [0.15, 0.2) is 0 Å². The van der Waals surface area contributed by atoms with Crippen LogP contribution >= 0.6 is 0 Å². The van der Waals surface area contributed by atoms with Gasteiger partial charge < -0.3 is 19.9 Å². The van der Waals surface area contributed by atoms with Gasteiger partial charge in [0.05, 0.1) is 18.8 Å². The fourth-order valence-corrected chi connectivity index (χ4v) is 3.41. The van der Waals surface area contributed by atoms with Gasteiger partial charge >= 0.3 is 0 Å². The molecule has 0 aliphatic heterocycles. The van der Waals surface area contributed by atoms with Crippen LogP contribution in [0.5, 0.6) is 5.75 Å². The third-order valence-corrected chi connectivity index (χ3v) is 4.84. The van der Waals surface area contributed by atoms with Crippen LogP contribution in [0.3, 0.4) is 0 Å². The first-order chi connectivity index (χ1) is 12.2. The number of carbonyl (C=O) groups excluding carboxylic acids is 1. The van der Waals surface area contributed by atoms with Crippen LogP contribution in [0.15, 0.2) is 42.5 Å². The van der Waals surface area contributed by atoms with Gasteiger partial charge in [-0.05, 0) is 30.7 Å². The van der Waals surface area contributed by atoms with E-state index in [0.717, 1.165) is 16.5 Å². The summed E-state index contributed by atoms with van der Waals surface area (Å²) in [7, 11) is 1.58. The second-order valence-electron chi connectivity index (χ2n) is 6.47. The topological polar surface area (TPSA) is 67.8 Å². The fraction of sp³-hybridized carbons (Fsp3) is 0.450. The molecule has 0 spiro atoms. The van der Waals surface area contributed by atoms with Crippen molar-refractivity contribution in [3.63, 3.8) is 0 Å². The standard InChI is InChI=1S/C20H25NO4/c1-24-19-13-15(9-10-17(19)22)20(23)21-11-12-25-18-8-4-6-14-5-2-3-7-16(14)18/h2-8,15,17,19,22H,9-13H2,1H3,(H,21,23)/t15-,17+,19-/m1/s1. The number of hydrogen-bond donors (Lipinski definition) is 2. The van der Waals surface area contributed by atoms with Gasteiger partial charge in [0, 0.05) is 18.4 Å². The number of carbonyl (C=O) groups is 1. The highest BCUT2D eigenvalue weighted by atomic mass is 16.5. The van der Waals surface area contributed by atoms with E-state index < -0.39 is 6.10 Å². The smallest absolute Gasteiger partial charge is 0.223 e. The number of hydrogen-bond acceptors (Lipinski definition) is 4. The van der Waals surface area contributed by atoms with Crippen LogP contribution in [0.2, 0.25) is 0 Å². The molecule has 2 aromatic rings. The van der Waals surface area contributed by atoms with E-state index in [0.29, 0.717) is 32.4 Å². The van der Waals surface area contributed by atoms with E-state index in [4.69, 9.17) is 9.47 Å². The zero-order valence-corrected chi connectivity index (χ0v) is 14.5. The van der Waals surface area contributed by atoms with Gasteiger partial charge in [-0.15, -0.1) is 0 Å². The summed E-state index contributed by atoms with van der Waals surface area (Å²) in [5, 5.41) is 15.0. The van der Waals surface area contributed by atoms with Crippen molar-refractivity contribution >= 4 is 16.7 Å². The van der Waals surface area contributed by atoms with Gasteiger partial charge in [-0.2, -0.15) is 0 Å². The summed E-state index contributed by atoms with van der Waals surface area (Å²) in [4.78, 5) is 12.3. The highest BCUT2D eigenvalue weighted by Gasteiger charge is 2.32. The molecule has 0 saturated heterocycles. The second-order valence-corrected chi connectivity index (χ2v) is 6.47. The van der Waals surface area contributed by atoms with Crippen molar-refractivity contribution in [3.05, 3.63) is 42.5 Å². The molecule has 134 valence electrons. The maximum Gasteiger partial charge on any atom is 0.223 e. The van der Waals surface area contributed by atoms with E-state index in [9.17, 15) is 9.90 Å². The number of aliphatic hydroxyl groups is 1. The Morgan fingerprint density at radius 2 is 2.00 bits per heavy atom. The van der Waals surface area contributed by atoms with Crippen LogP contribution in [0.1, 0.15) is 19.3 Å². The van der Waals surface area contributed by atoms with Crippen LogP contribution < -0.4 is 10.1 Å². The molecule has 2 aromatic carbocycles. The van der Waals surface area contributed by atoms with E-state index in [1.165, 1.54) is 0 Å². The third kappa shape index (κ3) is 4.30. The molecule has 1 aliphatic carbocycles. The van der Waals surface area contributed by atoms with Crippen molar-refractivity contribution < 1.29 is 19.4 Å². The van der Waals surface area contributed by atoms with Crippen molar-refractivity contribution in [2.45, 2.75) is 31.5 Å². The van der Waals surface area contributed by atoms with E-state index in [1.54, 1.807) is 7.11 Å². The van der Waals surface area contributed by atoms with Crippen molar-refractivity contribution in [3.8, 4) is 5.75 Å². The Morgan fingerprint density at radius 3 is 2.84 bits per heavy atom. The zero-order valence-electron chi connectivity index (χ0n) is 14.5. The Balaban J connectivity index is 1.47. The molecular formula is C20H25NO4. The van der Waals surface area contributed by atoms with E-state index >= 15 is 0 Å². The Labute approximate surface area is 147 Å². The molecule has 25 heavy (non-hydrogen) atoms. The molecule has 5 nitrogen and oxygen atoms in total. The maximum absolute atomic E-state index is 12.3. The van der Waals surface area contributed by atoms with Crippen molar-refractivity contribution in [1.82, 2.24) is 5.32 Å². The number of nitrogens with one attached hydrogen (secondary N) is 1. The molecule has 2 N–H and O–H groups in total. The Morgan fingerprint density at radius 1 is 1.20 bits per heavy atom. The molecule has 1 amide bonds. The SMILES string of the molecule is CO[C@@H]1C[C@H](C(=O)NCCOc2cccc3ccccc23)CC[C@@H]1O. The minimum Gasteiger partial charge on any atom is -0.491 e. The van der Waals surface area contributed by atoms with Gasteiger partial charge in [-0.3, -0.25) is 4.79 Å². The van der Waals surface area contributed by atoms with E-state index in [2.05, 4.69) is 5.32 Å². The van der Waals surface area contributed by atoms with E-state index in [-0.39, 0.29) is 17.9 Å². The predicted molar refractivity (Wildman–Crippen MR) is 96.6 cm³/mol. The number of aliphatic hydroxyl groups excluding tert-OH is 1. The summed E-state index contributed by atoms with van der Waals surface area (Å²) in [5.41, 5.74) is 0. The molecular weight excluding hydrogens is 318 g/mol. The lowest BCUT2D eigenvalue weighted by atomic mass is 9.84. The Hall–Kier alpha value is -2.11. The third-order valence-electron chi connectivity index (χ3n) is 4.84. The lowest BCUT2D eigenvalue weighted by Gasteiger charge is -2.31. The minimum absolute atomic E-state index is 0.00969. The summed E-state index contributed by atoms with van der Waals surface area (Å²) < 4.78 is 11.1. The first-order valence-electron chi connectivity index (χ1n) is 8.78. The normalized spacial score (nSPS) is 23.4. The summed E-state index contributed by atoms with van der Waals surface area (Å²) in [6.07, 6.45) is 1.13. The van der Waals surface area contributed by atoms with Crippen molar-refractivity contribution in [2.24, 2.45) is 5.92 Å². The molecule has 0 unspecified atom stereocenters. The fourth-order valence-electron chi connectivity index (χ4n) is 3.41. The van der Waals surface area contributed by atoms with Crippen molar-refractivity contribution in [1.29, 1.82) is 0 Å². The Bertz CT molecular complexity index is 712. The van der Waals surface area contributed by atoms with Gasteiger partial charge in [0.25, 0.3) is 0 Å². The van der Waals surface area contributed by atoms with Crippen LogP contribution in [0.4, 0.5) is 0 Å². The molecule has 0 bridgehead atoms. The maximum atomic E-state index is 12.3. The highest BCUT2D eigenvalue weighted by Crippen LogP contribution is 2.27. The lowest BCUT2D eigenvalue weighted by Crippen LogP contribution is -2.42. The molecule has 0 heterocycles. The number of fused-ring (bicyclic) bond motifs is 1. The molecule has 0 aromatic heterocycles. The van der Waals surface area contributed by atoms with Gasteiger partial charge in [0.1, 0.15) is 12.4 Å². The first-order valence-corrected chi connectivity index (χ1v) is 8.78. The van der Waals surface area contributed by atoms with Crippen LogP contribution in [-0.4, -0.2) is 43.5 Å². The number of methoxy groups -OCH3 is 1. The number of benzene rings is 2. The summed E-state index contributed by atoms with van der Waals surface area (Å²) >= 11 is 0. The van der Waals surface area contributed by atoms with Gasteiger partial charge in [0.2, 0.25) is 5.91 Å². The molecule has 0 radical (unpaired) electrons. The highest BCUT2D eigenvalue weighted by molar-refractivity contribution is 5.88. The molecule has 1 fully saturated rings.